The van der Waals surface area contributed by atoms with Gasteiger partial charge in [-0.3, -0.25) is 14.4 Å². The van der Waals surface area contributed by atoms with E-state index < -0.39 is 6.04 Å². The van der Waals surface area contributed by atoms with Crippen molar-refractivity contribution in [2.45, 2.75) is 70.4 Å². The zero-order valence-electron chi connectivity index (χ0n) is 21.2. The van der Waals surface area contributed by atoms with Crippen molar-refractivity contribution in [3.05, 3.63) is 59.4 Å². The molecule has 2 aromatic carbocycles. The molecule has 0 spiro atoms. The SMILES string of the molecule is CC(C)c1ccc(C(NC(=O)C2CCCN2)C(=O)CCC(=O)N2CCCC2)c(-c2ccccc2)c1F. The molecule has 0 bridgehead atoms. The van der Waals surface area contributed by atoms with E-state index in [0.29, 0.717) is 28.7 Å². The van der Waals surface area contributed by atoms with Crippen molar-refractivity contribution < 1.29 is 18.8 Å². The molecule has 2 amide bonds. The average Bonchev–Trinajstić information content (AvgIpc) is 3.60. The van der Waals surface area contributed by atoms with Crippen LogP contribution in [0.5, 0.6) is 0 Å². The summed E-state index contributed by atoms with van der Waals surface area (Å²) in [6.07, 6.45) is 3.60. The Morgan fingerprint density at radius 3 is 2.33 bits per heavy atom. The highest BCUT2D eigenvalue weighted by molar-refractivity contribution is 5.95. The zero-order valence-corrected chi connectivity index (χ0v) is 21.2. The van der Waals surface area contributed by atoms with Gasteiger partial charge >= 0.3 is 0 Å². The summed E-state index contributed by atoms with van der Waals surface area (Å²) in [6, 6.07) is 11.2. The van der Waals surface area contributed by atoms with Crippen LogP contribution in [0.4, 0.5) is 4.39 Å². The Kier molecular flexibility index (Phi) is 8.52. The molecule has 36 heavy (non-hydrogen) atoms. The number of hydrogen-bond donors (Lipinski definition) is 2. The van der Waals surface area contributed by atoms with E-state index in [1.165, 1.54) is 0 Å². The summed E-state index contributed by atoms with van der Waals surface area (Å²) >= 11 is 0. The first-order chi connectivity index (χ1) is 17.4. The largest absolute Gasteiger partial charge is 0.343 e. The lowest BCUT2D eigenvalue weighted by Gasteiger charge is -2.25. The summed E-state index contributed by atoms with van der Waals surface area (Å²) < 4.78 is 16.0. The summed E-state index contributed by atoms with van der Waals surface area (Å²) in [6.45, 7) is 6.04. The molecule has 2 heterocycles. The van der Waals surface area contributed by atoms with Crippen LogP contribution in [-0.4, -0.2) is 48.2 Å². The number of ketones is 1. The molecule has 2 atom stereocenters. The standard InChI is InChI=1S/C29H36FN3O3/c1-19(2)21-12-13-22(26(27(21)30)20-9-4-3-5-10-20)28(32-29(36)23-11-8-16-31-23)24(34)14-15-25(35)33-17-6-7-18-33/h3-5,9-10,12-13,19,23,28,31H,6-8,11,14-18H2,1-2H3,(H,32,36). The van der Waals surface area contributed by atoms with Crippen molar-refractivity contribution in [1.29, 1.82) is 0 Å². The number of hydrogen-bond acceptors (Lipinski definition) is 4. The Bertz CT molecular complexity index is 1090. The fourth-order valence-corrected chi connectivity index (χ4v) is 5.17. The molecule has 2 saturated heterocycles. The van der Waals surface area contributed by atoms with Crippen molar-refractivity contribution in [2.24, 2.45) is 0 Å². The fourth-order valence-electron chi connectivity index (χ4n) is 5.17. The molecule has 6 nitrogen and oxygen atoms in total. The third kappa shape index (κ3) is 5.84. The number of likely N-dealkylation sites (tertiary alicyclic amines) is 1. The highest BCUT2D eigenvalue weighted by Crippen LogP contribution is 2.36. The molecule has 2 fully saturated rings. The molecule has 7 heteroatoms. The second-order valence-corrected chi connectivity index (χ2v) is 10.1. The van der Waals surface area contributed by atoms with Crippen LogP contribution in [0.15, 0.2) is 42.5 Å². The van der Waals surface area contributed by atoms with Crippen LogP contribution in [0, 0.1) is 5.82 Å². The van der Waals surface area contributed by atoms with Gasteiger partial charge in [0.2, 0.25) is 11.8 Å². The van der Waals surface area contributed by atoms with Crippen molar-refractivity contribution in [3.8, 4) is 11.1 Å². The third-order valence-electron chi connectivity index (χ3n) is 7.23. The van der Waals surface area contributed by atoms with E-state index in [0.717, 1.165) is 38.9 Å². The highest BCUT2D eigenvalue weighted by Gasteiger charge is 2.32. The maximum absolute atomic E-state index is 16.0. The number of carbonyl (C=O) groups is 3. The van der Waals surface area contributed by atoms with Gasteiger partial charge in [-0.15, -0.1) is 0 Å². The van der Waals surface area contributed by atoms with Crippen molar-refractivity contribution in [2.75, 3.05) is 19.6 Å². The summed E-state index contributed by atoms with van der Waals surface area (Å²) in [7, 11) is 0. The van der Waals surface area contributed by atoms with E-state index in [-0.39, 0.29) is 48.2 Å². The normalized spacial score (nSPS) is 18.4. The first kappa shape index (κ1) is 26.0. The second-order valence-electron chi connectivity index (χ2n) is 10.1. The van der Waals surface area contributed by atoms with Crippen molar-refractivity contribution in [1.82, 2.24) is 15.5 Å². The molecule has 0 aliphatic carbocycles. The fraction of sp³-hybridized carbons (Fsp3) is 0.483. The summed E-state index contributed by atoms with van der Waals surface area (Å²) in [4.78, 5) is 41.1. The van der Waals surface area contributed by atoms with Crippen LogP contribution < -0.4 is 10.6 Å². The first-order valence-corrected chi connectivity index (χ1v) is 13.1. The lowest BCUT2D eigenvalue weighted by Crippen LogP contribution is -2.44. The van der Waals surface area contributed by atoms with Gasteiger partial charge in [0.1, 0.15) is 11.9 Å². The molecule has 192 valence electrons. The van der Waals surface area contributed by atoms with Gasteiger partial charge in [0.15, 0.2) is 5.78 Å². The molecule has 2 aliphatic heterocycles. The number of halogens is 1. The number of amides is 2. The van der Waals surface area contributed by atoms with Crippen LogP contribution >= 0.6 is 0 Å². The molecular formula is C29H36FN3O3. The quantitative estimate of drug-likeness (QED) is 0.539. The van der Waals surface area contributed by atoms with E-state index in [1.54, 1.807) is 17.0 Å². The van der Waals surface area contributed by atoms with Gasteiger partial charge in [0.05, 0.1) is 6.04 Å². The molecule has 0 radical (unpaired) electrons. The second kappa shape index (κ2) is 11.8. The summed E-state index contributed by atoms with van der Waals surface area (Å²) in [5.74, 6) is -1.04. The highest BCUT2D eigenvalue weighted by atomic mass is 19.1. The lowest BCUT2D eigenvalue weighted by molar-refractivity contribution is -0.133. The van der Waals surface area contributed by atoms with E-state index in [2.05, 4.69) is 10.6 Å². The molecule has 4 rings (SSSR count). The number of nitrogens with one attached hydrogen (secondary N) is 2. The van der Waals surface area contributed by atoms with Gasteiger partial charge in [-0.05, 0) is 54.8 Å². The molecule has 2 aromatic rings. The molecule has 2 unspecified atom stereocenters. The lowest BCUT2D eigenvalue weighted by atomic mass is 9.87. The van der Waals surface area contributed by atoms with E-state index in [1.807, 2.05) is 44.2 Å². The number of rotatable bonds is 9. The molecular weight excluding hydrogens is 457 g/mol. The summed E-state index contributed by atoms with van der Waals surface area (Å²) in [5, 5.41) is 6.07. The molecule has 2 N–H and O–H groups in total. The first-order valence-electron chi connectivity index (χ1n) is 13.1. The van der Waals surface area contributed by atoms with E-state index >= 15 is 4.39 Å². The van der Waals surface area contributed by atoms with Gasteiger partial charge in [0, 0.05) is 31.5 Å². The third-order valence-corrected chi connectivity index (χ3v) is 7.23. The van der Waals surface area contributed by atoms with E-state index in [4.69, 9.17) is 0 Å². The summed E-state index contributed by atoms with van der Waals surface area (Å²) in [5.41, 5.74) is 1.95. The molecule has 0 aromatic heterocycles. The Morgan fingerprint density at radius 1 is 1.00 bits per heavy atom. The Balaban J connectivity index is 1.69. The minimum absolute atomic E-state index is 0.0137. The van der Waals surface area contributed by atoms with Gasteiger partial charge in [-0.25, -0.2) is 4.39 Å². The maximum Gasteiger partial charge on any atom is 0.237 e. The number of carbonyl (C=O) groups excluding carboxylic acids is 3. The predicted octanol–water partition coefficient (Wildman–Crippen LogP) is 4.50. The van der Waals surface area contributed by atoms with Gasteiger partial charge in [-0.1, -0.05) is 56.3 Å². The minimum Gasteiger partial charge on any atom is -0.343 e. The smallest absolute Gasteiger partial charge is 0.237 e. The predicted molar refractivity (Wildman–Crippen MR) is 138 cm³/mol. The van der Waals surface area contributed by atoms with Crippen LogP contribution in [-0.2, 0) is 14.4 Å². The number of nitrogens with zero attached hydrogens (tertiary/aromatic N) is 1. The maximum atomic E-state index is 16.0. The van der Waals surface area contributed by atoms with Crippen LogP contribution in [0.2, 0.25) is 0 Å². The topological polar surface area (TPSA) is 78.5 Å². The molecule has 0 saturated carbocycles. The Hall–Kier alpha value is -3.06. The average molecular weight is 494 g/mol. The monoisotopic (exact) mass is 493 g/mol. The van der Waals surface area contributed by atoms with Gasteiger partial charge in [-0.2, -0.15) is 0 Å². The number of Topliss-reactive ketones (excluding diaryl/α,β-unsaturated/α-hetero) is 1. The Labute approximate surface area is 212 Å². The van der Waals surface area contributed by atoms with Gasteiger partial charge < -0.3 is 15.5 Å². The zero-order chi connectivity index (χ0) is 25.7. The van der Waals surface area contributed by atoms with Crippen LogP contribution in [0.25, 0.3) is 11.1 Å². The number of benzene rings is 2. The van der Waals surface area contributed by atoms with Gasteiger partial charge in [0.25, 0.3) is 0 Å². The van der Waals surface area contributed by atoms with Crippen LogP contribution in [0.3, 0.4) is 0 Å². The van der Waals surface area contributed by atoms with Crippen molar-refractivity contribution >= 4 is 17.6 Å². The Morgan fingerprint density at radius 2 is 1.69 bits per heavy atom. The van der Waals surface area contributed by atoms with E-state index in [9.17, 15) is 14.4 Å². The minimum atomic E-state index is -1.04. The molecule has 2 aliphatic rings. The van der Waals surface area contributed by atoms with Crippen LogP contribution in [0.1, 0.15) is 75.5 Å². The van der Waals surface area contributed by atoms with Crippen molar-refractivity contribution in [3.63, 3.8) is 0 Å².